The van der Waals surface area contributed by atoms with Crippen LogP contribution in [0.3, 0.4) is 0 Å². The number of hydrogen-bond donors (Lipinski definition) is 0. The first-order valence-corrected chi connectivity index (χ1v) is 7.03. The molecule has 3 rings (SSSR count). The van der Waals surface area contributed by atoms with Gasteiger partial charge in [-0.2, -0.15) is 0 Å². The normalized spacial score (nSPS) is 19.9. The number of rotatable bonds is 2. The Bertz CT molecular complexity index is 574. The summed E-state index contributed by atoms with van der Waals surface area (Å²) in [7, 11) is 0. The van der Waals surface area contributed by atoms with E-state index in [1.54, 1.807) is 12.1 Å². The van der Waals surface area contributed by atoms with Crippen LogP contribution in [0.25, 0.3) is 0 Å². The zero-order chi connectivity index (χ0) is 13.9. The van der Waals surface area contributed by atoms with E-state index in [1.807, 2.05) is 17.9 Å². The van der Waals surface area contributed by atoms with Crippen molar-refractivity contribution < 1.29 is 13.7 Å². The van der Waals surface area contributed by atoms with Crippen LogP contribution in [-0.2, 0) is 0 Å². The Labute approximate surface area is 117 Å². The van der Waals surface area contributed by atoms with Crippen LogP contribution < -0.4 is 0 Å². The molecule has 0 saturated carbocycles. The number of nitrogens with zero attached hydrogens (tertiary/aromatic N) is 2. The average molecular weight is 274 g/mol. The third-order valence-electron chi connectivity index (χ3n) is 3.73. The van der Waals surface area contributed by atoms with Gasteiger partial charge < -0.3 is 13.8 Å². The molecule has 2 aromatic heterocycles. The minimum atomic E-state index is -0.0671. The van der Waals surface area contributed by atoms with Crippen LogP contribution in [0.4, 0.5) is 0 Å². The number of likely N-dealkylation sites (tertiary alicyclic amines) is 1. The van der Waals surface area contributed by atoms with Gasteiger partial charge in [-0.05, 0) is 31.9 Å². The number of hydrogen-bond acceptors (Lipinski definition) is 4. The number of amides is 1. The second-order valence-electron chi connectivity index (χ2n) is 5.20. The lowest BCUT2D eigenvalue weighted by atomic mass is 10.1. The summed E-state index contributed by atoms with van der Waals surface area (Å²) >= 11 is 0. The molecule has 1 saturated heterocycles. The second kappa shape index (κ2) is 5.53. The van der Waals surface area contributed by atoms with Gasteiger partial charge in [-0.15, -0.1) is 0 Å². The topological polar surface area (TPSA) is 59.5 Å². The van der Waals surface area contributed by atoms with Crippen molar-refractivity contribution in [3.63, 3.8) is 0 Å². The van der Waals surface area contributed by atoms with Gasteiger partial charge >= 0.3 is 0 Å². The van der Waals surface area contributed by atoms with E-state index in [1.165, 1.54) is 6.26 Å². The summed E-state index contributed by atoms with van der Waals surface area (Å²) in [6.07, 6.45) is 5.69. The van der Waals surface area contributed by atoms with Gasteiger partial charge in [0.15, 0.2) is 5.76 Å². The molecule has 0 aromatic carbocycles. The number of aryl methyl sites for hydroxylation is 1. The third-order valence-corrected chi connectivity index (χ3v) is 3.73. The molecule has 0 aliphatic carbocycles. The molecule has 1 atom stereocenters. The Morgan fingerprint density at radius 2 is 2.30 bits per heavy atom. The molecule has 1 aliphatic rings. The van der Waals surface area contributed by atoms with E-state index in [0.29, 0.717) is 5.76 Å². The summed E-state index contributed by atoms with van der Waals surface area (Å²) < 4.78 is 10.4. The van der Waals surface area contributed by atoms with Crippen molar-refractivity contribution in [2.75, 3.05) is 6.54 Å². The van der Waals surface area contributed by atoms with E-state index >= 15 is 0 Å². The summed E-state index contributed by atoms with van der Waals surface area (Å²) in [4.78, 5) is 14.4. The first-order valence-electron chi connectivity index (χ1n) is 7.03. The molecule has 1 aliphatic heterocycles. The first-order chi connectivity index (χ1) is 9.75. The highest BCUT2D eigenvalue weighted by Crippen LogP contribution is 2.31. The van der Waals surface area contributed by atoms with Crippen LogP contribution in [0.5, 0.6) is 0 Å². The van der Waals surface area contributed by atoms with Crippen molar-refractivity contribution in [2.45, 2.75) is 38.6 Å². The molecular weight excluding hydrogens is 256 g/mol. The lowest BCUT2D eigenvalue weighted by Gasteiger charge is -2.27. The van der Waals surface area contributed by atoms with E-state index < -0.39 is 0 Å². The van der Waals surface area contributed by atoms with E-state index in [2.05, 4.69) is 5.16 Å². The maximum absolute atomic E-state index is 12.6. The maximum Gasteiger partial charge on any atom is 0.290 e. The van der Waals surface area contributed by atoms with Crippen molar-refractivity contribution in [3.05, 3.63) is 41.7 Å². The highest BCUT2D eigenvalue weighted by molar-refractivity contribution is 5.91. The third kappa shape index (κ3) is 2.48. The van der Waals surface area contributed by atoms with Gasteiger partial charge in [-0.3, -0.25) is 4.79 Å². The van der Waals surface area contributed by atoms with Crippen LogP contribution in [-0.4, -0.2) is 22.5 Å². The molecule has 0 N–H and O–H groups in total. The molecule has 5 heteroatoms. The highest BCUT2D eigenvalue weighted by Gasteiger charge is 2.30. The molecule has 5 nitrogen and oxygen atoms in total. The van der Waals surface area contributed by atoms with Crippen molar-refractivity contribution in [2.24, 2.45) is 0 Å². The van der Waals surface area contributed by atoms with Crippen LogP contribution in [0, 0.1) is 6.92 Å². The summed E-state index contributed by atoms with van der Waals surface area (Å²) in [6.45, 7) is 2.60. The van der Waals surface area contributed by atoms with E-state index in [9.17, 15) is 4.79 Å². The molecule has 0 radical (unpaired) electrons. The fourth-order valence-corrected chi connectivity index (χ4v) is 2.74. The van der Waals surface area contributed by atoms with Gasteiger partial charge in [0.05, 0.1) is 12.3 Å². The van der Waals surface area contributed by atoms with Crippen LogP contribution in [0.15, 0.2) is 33.4 Å². The predicted octanol–water partition coefficient (Wildman–Crippen LogP) is 3.33. The molecule has 106 valence electrons. The van der Waals surface area contributed by atoms with Gasteiger partial charge in [-0.25, -0.2) is 0 Å². The van der Waals surface area contributed by atoms with E-state index in [-0.39, 0.29) is 11.9 Å². The minimum absolute atomic E-state index is 0.0208. The lowest BCUT2D eigenvalue weighted by molar-refractivity contribution is 0.0641. The van der Waals surface area contributed by atoms with Crippen LogP contribution >= 0.6 is 0 Å². The Kier molecular flexibility index (Phi) is 3.58. The van der Waals surface area contributed by atoms with Crippen molar-refractivity contribution in [1.82, 2.24) is 10.1 Å². The predicted molar refractivity (Wildman–Crippen MR) is 72.2 cm³/mol. The standard InChI is InChI=1S/C15H18N2O3/c1-11-10-12(16-20-11)13-6-3-2-4-8-17(13)15(18)14-7-5-9-19-14/h5,7,9-10,13H,2-4,6,8H2,1H3/t13-/m1/s1. The Morgan fingerprint density at radius 1 is 1.40 bits per heavy atom. The van der Waals surface area contributed by atoms with Crippen LogP contribution in [0.1, 0.15) is 53.7 Å². The van der Waals surface area contributed by atoms with Crippen LogP contribution in [0.2, 0.25) is 0 Å². The van der Waals surface area contributed by atoms with Crippen molar-refractivity contribution >= 4 is 5.91 Å². The number of aromatic nitrogens is 1. The van der Waals surface area contributed by atoms with Gasteiger partial charge in [0.25, 0.3) is 5.91 Å². The molecule has 3 heterocycles. The maximum atomic E-state index is 12.6. The zero-order valence-electron chi connectivity index (χ0n) is 11.5. The summed E-state index contributed by atoms with van der Waals surface area (Å²) in [5, 5.41) is 4.10. The Hall–Kier alpha value is -2.04. The van der Waals surface area contributed by atoms with Gasteiger partial charge in [0.1, 0.15) is 11.5 Å². The largest absolute Gasteiger partial charge is 0.459 e. The summed E-state index contributed by atoms with van der Waals surface area (Å²) in [5.74, 6) is 1.09. The number of furan rings is 1. The van der Waals surface area contributed by atoms with Crippen molar-refractivity contribution in [3.8, 4) is 0 Å². The highest BCUT2D eigenvalue weighted by atomic mass is 16.5. The second-order valence-corrected chi connectivity index (χ2v) is 5.20. The number of carbonyl (C=O) groups is 1. The van der Waals surface area contributed by atoms with Gasteiger partial charge in [0, 0.05) is 12.6 Å². The fourth-order valence-electron chi connectivity index (χ4n) is 2.74. The van der Waals surface area contributed by atoms with Crippen molar-refractivity contribution in [1.29, 1.82) is 0 Å². The molecule has 1 amide bonds. The SMILES string of the molecule is Cc1cc([C@H]2CCCCCN2C(=O)c2ccco2)no1. The van der Waals surface area contributed by atoms with E-state index in [4.69, 9.17) is 8.94 Å². The first kappa shape index (κ1) is 13.0. The zero-order valence-corrected chi connectivity index (χ0v) is 11.5. The number of carbonyl (C=O) groups excluding carboxylic acids is 1. The molecule has 1 fully saturated rings. The minimum Gasteiger partial charge on any atom is -0.459 e. The Balaban J connectivity index is 1.89. The molecular formula is C15H18N2O3. The van der Waals surface area contributed by atoms with E-state index in [0.717, 1.165) is 43.7 Å². The lowest BCUT2D eigenvalue weighted by Crippen LogP contribution is -2.34. The fraction of sp³-hybridized carbons (Fsp3) is 0.467. The molecule has 0 bridgehead atoms. The smallest absolute Gasteiger partial charge is 0.290 e. The molecule has 0 unspecified atom stereocenters. The molecule has 0 spiro atoms. The Morgan fingerprint density at radius 3 is 3.00 bits per heavy atom. The van der Waals surface area contributed by atoms with Gasteiger partial charge in [0.2, 0.25) is 0 Å². The molecule has 20 heavy (non-hydrogen) atoms. The monoisotopic (exact) mass is 274 g/mol. The summed E-state index contributed by atoms with van der Waals surface area (Å²) in [6, 6.07) is 5.34. The average Bonchev–Trinajstić information content (AvgIpc) is 3.05. The molecule has 2 aromatic rings. The summed E-state index contributed by atoms with van der Waals surface area (Å²) in [5.41, 5.74) is 0.837. The quantitative estimate of drug-likeness (QED) is 0.842. The van der Waals surface area contributed by atoms with Gasteiger partial charge in [-0.1, -0.05) is 18.0 Å².